The molecule has 0 spiro atoms. The first-order valence-electron chi connectivity index (χ1n) is 8.92. The van der Waals surface area contributed by atoms with Gasteiger partial charge >= 0.3 is 0 Å². The minimum atomic E-state index is 0. The van der Waals surface area contributed by atoms with E-state index in [2.05, 4.69) is 4.90 Å². The Bertz CT molecular complexity index is 596. The van der Waals surface area contributed by atoms with Gasteiger partial charge in [0.05, 0.1) is 20.3 Å². The van der Waals surface area contributed by atoms with Crippen LogP contribution in [0.3, 0.4) is 0 Å². The predicted molar refractivity (Wildman–Crippen MR) is 100 cm³/mol. The van der Waals surface area contributed by atoms with E-state index < -0.39 is 0 Å². The molecule has 2 N–H and O–H groups in total. The van der Waals surface area contributed by atoms with Crippen LogP contribution in [-0.2, 0) is 4.79 Å². The molecule has 6 heteroatoms. The molecule has 3 rings (SSSR count). The molecule has 1 saturated carbocycles. The molecule has 25 heavy (non-hydrogen) atoms. The van der Waals surface area contributed by atoms with Gasteiger partial charge < -0.3 is 20.1 Å². The number of benzene rings is 1. The number of carbonyl (C=O) groups is 1. The summed E-state index contributed by atoms with van der Waals surface area (Å²) in [6, 6.07) is 6.11. The summed E-state index contributed by atoms with van der Waals surface area (Å²) in [5.41, 5.74) is 7.00. The zero-order chi connectivity index (χ0) is 17.1. The second kappa shape index (κ2) is 8.77. The summed E-state index contributed by atoms with van der Waals surface area (Å²) < 4.78 is 10.7. The van der Waals surface area contributed by atoms with Gasteiger partial charge in [-0.2, -0.15) is 0 Å². The van der Waals surface area contributed by atoms with Crippen LogP contribution >= 0.6 is 12.4 Å². The number of amides is 1. The lowest BCUT2D eigenvalue weighted by Gasteiger charge is -2.30. The van der Waals surface area contributed by atoms with Crippen molar-refractivity contribution in [1.82, 2.24) is 4.90 Å². The minimum Gasteiger partial charge on any atom is -0.493 e. The highest BCUT2D eigenvalue weighted by molar-refractivity contribution is 5.85. The lowest BCUT2D eigenvalue weighted by Crippen LogP contribution is -2.38. The van der Waals surface area contributed by atoms with Gasteiger partial charge in [-0.1, -0.05) is 12.5 Å². The van der Waals surface area contributed by atoms with Gasteiger partial charge in [-0.3, -0.25) is 4.79 Å². The third kappa shape index (κ3) is 3.87. The fraction of sp³-hybridized carbons (Fsp3) is 0.632. The van der Waals surface area contributed by atoms with Gasteiger partial charge in [0.1, 0.15) is 0 Å². The lowest BCUT2D eigenvalue weighted by atomic mass is 9.93. The molecule has 3 atom stereocenters. The molecular formula is C19H29ClN2O3. The van der Waals surface area contributed by atoms with Crippen LogP contribution in [0.2, 0.25) is 0 Å². The number of rotatable bonds is 5. The Kier molecular flexibility index (Phi) is 6.96. The maximum atomic E-state index is 13.1. The van der Waals surface area contributed by atoms with E-state index in [1.165, 1.54) is 0 Å². The first-order chi connectivity index (χ1) is 11.7. The predicted octanol–water partition coefficient (Wildman–Crippen LogP) is 3.16. The molecule has 1 saturated heterocycles. The molecule has 2 fully saturated rings. The van der Waals surface area contributed by atoms with Crippen LogP contribution < -0.4 is 15.2 Å². The average Bonchev–Trinajstić information content (AvgIpc) is 3.29. The van der Waals surface area contributed by atoms with E-state index in [0.29, 0.717) is 18.4 Å². The number of methoxy groups -OCH3 is 2. The smallest absolute Gasteiger partial charge is 0.226 e. The highest BCUT2D eigenvalue weighted by Gasteiger charge is 2.39. The van der Waals surface area contributed by atoms with Gasteiger partial charge in [0, 0.05) is 12.5 Å². The van der Waals surface area contributed by atoms with E-state index in [1.54, 1.807) is 14.2 Å². The molecule has 1 heterocycles. The first kappa shape index (κ1) is 19.9. The van der Waals surface area contributed by atoms with E-state index in [-0.39, 0.29) is 24.4 Å². The van der Waals surface area contributed by atoms with Crippen LogP contribution in [0.1, 0.15) is 43.7 Å². The van der Waals surface area contributed by atoms with Crippen LogP contribution in [-0.4, -0.2) is 38.1 Å². The fourth-order valence-corrected chi connectivity index (χ4v) is 4.29. The van der Waals surface area contributed by atoms with Crippen LogP contribution in [0.25, 0.3) is 0 Å². The number of likely N-dealkylation sites (tertiary alicyclic amines) is 1. The van der Waals surface area contributed by atoms with Crippen molar-refractivity contribution in [2.75, 3.05) is 27.3 Å². The van der Waals surface area contributed by atoms with Gasteiger partial charge in [-0.15, -0.1) is 12.4 Å². The Morgan fingerprint density at radius 3 is 2.60 bits per heavy atom. The van der Waals surface area contributed by atoms with E-state index >= 15 is 0 Å². The number of nitrogens with two attached hydrogens (primary N) is 1. The van der Waals surface area contributed by atoms with Crippen LogP contribution in [0.4, 0.5) is 0 Å². The number of halogens is 1. The van der Waals surface area contributed by atoms with Gasteiger partial charge in [-0.25, -0.2) is 0 Å². The number of hydrogen-bond donors (Lipinski definition) is 1. The quantitative estimate of drug-likeness (QED) is 0.867. The van der Waals surface area contributed by atoms with E-state index in [9.17, 15) is 4.79 Å². The zero-order valence-corrected chi connectivity index (χ0v) is 15.9. The van der Waals surface area contributed by atoms with E-state index in [0.717, 1.165) is 55.7 Å². The van der Waals surface area contributed by atoms with Crippen molar-refractivity contribution in [2.45, 2.75) is 38.1 Å². The molecule has 1 aromatic carbocycles. The number of hydrogen-bond acceptors (Lipinski definition) is 4. The molecular weight excluding hydrogens is 340 g/mol. The van der Waals surface area contributed by atoms with E-state index in [4.69, 9.17) is 15.2 Å². The Balaban J connectivity index is 0.00000225. The Morgan fingerprint density at radius 1 is 1.16 bits per heavy atom. The van der Waals surface area contributed by atoms with Crippen molar-refractivity contribution in [3.05, 3.63) is 23.8 Å². The number of nitrogens with zero attached hydrogens (tertiary/aromatic N) is 1. The topological polar surface area (TPSA) is 64.8 Å². The summed E-state index contributed by atoms with van der Waals surface area (Å²) in [5, 5.41) is 0. The van der Waals surface area contributed by atoms with Gasteiger partial charge in [0.25, 0.3) is 0 Å². The monoisotopic (exact) mass is 368 g/mol. The molecule has 1 unspecified atom stereocenters. The zero-order valence-electron chi connectivity index (χ0n) is 15.1. The molecule has 1 aromatic rings. The average molecular weight is 369 g/mol. The standard InChI is InChI=1S/C19H28N2O3.ClH/c1-23-17-9-8-13(11-18(17)24-2)16-7-4-10-21(16)19(22)15-6-3-5-14(15)12-20;/h8-9,11,14-16H,3-7,10,12,20H2,1-2H3;1H/t14-,15-,16?;/m1./s1. The maximum absolute atomic E-state index is 13.1. The lowest BCUT2D eigenvalue weighted by molar-refractivity contribution is -0.137. The summed E-state index contributed by atoms with van der Waals surface area (Å²) >= 11 is 0. The molecule has 1 amide bonds. The summed E-state index contributed by atoms with van der Waals surface area (Å²) in [4.78, 5) is 15.2. The molecule has 1 aliphatic carbocycles. The fourth-order valence-electron chi connectivity index (χ4n) is 4.29. The van der Waals surface area contributed by atoms with Crippen LogP contribution in [0, 0.1) is 11.8 Å². The van der Waals surface area contributed by atoms with E-state index in [1.807, 2.05) is 18.2 Å². The maximum Gasteiger partial charge on any atom is 0.226 e. The molecule has 2 aliphatic rings. The number of carbonyl (C=O) groups excluding carboxylic acids is 1. The SMILES string of the molecule is COc1ccc(C2CCCN2C(=O)[C@@H]2CCC[C@@H]2CN)cc1OC.Cl. The highest BCUT2D eigenvalue weighted by Crippen LogP contribution is 2.40. The van der Waals surface area contributed by atoms with Gasteiger partial charge in [-0.05, 0) is 55.8 Å². The van der Waals surface area contributed by atoms with Crippen molar-refractivity contribution >= 4 is 18.3 Å². The molecule has 0 aromatic heterocycles. The van der Waals surface area contributed by atoms with Crippen molar-refractivity contribution in [3.63, 3.8) is 0 Å². The largest absolute Gasteiger partial charge is 0.493 e. The van der Waals surface area contributed by atoms with Crippen molar-refractivity contribution in [3.8, 4) is 11.5 Å². The Labute approximate surface area is 156 Å². The summed E-state index contributed by atoms with van der Waals surface area (Å²) in [6.45, 7) is 1.46. The highest BCUT2D eigenvalue weighted by atomic mass is 35.5. The second-order valence-electron chi connectivity index (χ2n) is 6.84. The summed E-state index contributed by atoms with van der Waals surface area (Å²) in [5.74, 6) is 2.19. The third-order valence-corrected chi connectivity index (χ3v) is 5.61. The first-order valence-corrected chi connectivity index (χ1v) is 8.92. The third-order valence-electron chi connectivity index (χ3n) is 5.61. The minimum absolute atomic E-state index is 0. The summed E-state index contributed by atoms with van der Waals surface area (Å²) in [7, 11) is 3.28. The summed E-state index contributed by atoms with van der Waals surface area (Å²) in [6.07, 6.45) is 5.23. The van der Waals surface area contributed by atoms with Gasteiger partial charge in [0.15, 0.2) is 11.5 Å². The second-order valence-corrected chi connectivity index (χ2v) is 6.84. The van der Waals surface area contributed by atoms with Crippen LogP contribution in [0.15, 0.2) is 18.2 Å². The number of ether oxygens (including phenoxy) is 2. The Hall–Kier alpha value is -1.46. The molecule has 0 bridgehead atoms. The Morgan fingerprint density at radius 2 is 1.92 bits per heavy atom. The molecule has 5 nitrogen and oxygen atoms in total. The van der Waals surface area contributed by atoms with Crippen molar-refractivity contribution < 1.29 is 14.3 Å². The van der Waals surface area contributed by atoms with Crippen LogP contribution in [0.5, 0.6) is 11.5 Å². The normalized spacial score (nSPS) is 25.6. The molecule has 1 aliphatic heterocycles. The molecule has 0 radical (unpaired) electrons. The van der Waals surface area contributed by atoms with Gasteiger partial charge in [0.2, 0.25) is 5.91 Å². The van der Waals surface area contributed by atoms with Crippen molar-refractivity contribution in [2.24, 2.45) is 17.6 Å². The van der Waals surface area contributed by atoms with Crippen molar-refractivity contribution in [1.29, 1.82) is 0 Å². The molecule has 140 valence electrons.